The van der Waals surface area contributed by atoms with Crippen molar-refractivity contribution in [2.45, 2.75) is 0 Å². The van der Waals surface area contributed by atoms with E-state index in [4.69, 9.17) is 4.74 Å². The highest BCUT2D eigenvalue weighted by molar-refractivity contribution is 5.85. The van der Waals surface area contributed by atoms with Crippen LogP contribution in [-0.2, 0) is 0 Å². The van der Waals surface area contributed by atoms with E-state index in [0.29, 0.717) is 17.0 Å². The van der Waals surface area contributed by atoms with Gasteiger partial charge in [-0.3, -0.25) is 4.99 Å². The SMILES string of the molecule is Oc1ccccc1C=Nc1ccccc1Oc1ccccc1. The lowest BCUT2D eigenvalue weighted by Crippen LogP contribution is -1.85. The van der Waals surface area contributed by atoms with Crippen molar-refractivity contribution in [2.24, 2.45) is 4.99 Å². The van der Waals surface area contributed by atoms with E-state index in [-0.39, 0.29) is 5.75 Å². The molecule has 0 atom stereocenters. The van der Waals surface area contributed by atoms with Crippen LogP contribution in [0, 0.1) is 0 Å². The highest BCUT2D eigenvalue weighted by Crippen LogP contribution is 2.31. The van der Waals surface area contributed by atoms with Gasteiger partial charge in [-0.2, -0.15) is 0 Å². The zero-order chi connectivity index (χ0) is 15.2. The molecular formula is C19H15NO2. The van der Waals surface area contributed by atoms with Gasteiger partial charge in [0.15, 0.2) is 5.75 Å². The smallest absolute Gasteiger partial charge is 0.153 e. The van der Waals surface area contributed by atoms with Gasteiger partial charge in [0.2, 0.25) is 0 Å². The van der Waals surface area contributed by atoms with Gasteiger partial charge in [0.25, 0.3) is 0 Å². The van der Waals surface area contributed by atoms with E-state index >= 15 is 0 Å². The minimum atomic E-state index is 0.202. The van der Waals surface area contributed by atoms with E-state index in [9.17, 15) is 5.11 Å². The van der Waals surface area contributed by atoms with Gasteiger partial charge in [-0.1, -0.05) is 42.5 Å². The van der Waals surface area contributed by atoms with Gasteiger partial charge < -0.3 is 9.84 Å². The van der Waals surface area contributed by atoms with Crippen LogP contribution in [0.25, 0.3) is 0 Å². The lowest BCUT2D eigenvalue weighted by Gasteiger charge is -2.08. The molecule has 22 heavy (non-hydrogen) atoms. The summed E-state index contributed by atoms with van der Waals surface area (Å²) in [6, 6.07) is 24.2. The first kappa shape index (κ1) is 13.9. The van der Waals surface area contributed by atoms with Crippen molar-refractivity contribution in [1.82, 2.24) is 0 Å². The fraction of sp³-hybridized carbons (Fsp3) is 0. The number of rotatable bonds is 4. The summed E-state index contributed by atoms with van der Waals surface area (Å²) < 4.78 is 5.85. The number of phenolic OH excluding ortho intramolecular Hbond substituents is 1. The van der Waals surface area contributed by atoms with Crippen LogP contribution in [0.1, 0.15) is 5.56 Å². The van der Waals surface area contributed by atoms with E-state index < -0.39 is 0 Å². The quantitative estimate of drug-likeness (QED) is 0.691. The first-order chi connectivity index (χ1) is 10.8. The summed E-state index contributed by atoms with van der Waals surface area (Å²) in [5.74, 6) is 1.63. The van der Waals surface area contributed by atoms with Crippen molar-refractivity contribution in [1.29, 1.82) is 0 Å². The average molecular weight is 289 g/mol. The molecule has 0 unspecified atom stereocenters. The van der Waals surface area contributed by atoms with Crippen molar-refractivity contribution in [2.75, 3.05) is 0 Å². The molecule has 0 fully saturated rings. The predicted octanol–water partition coefficient (Wildman–Crippen LogP) is 4.94. The monoisotopic (exact) mass is 289 g/mol. The van der Waals surface area contributed by atoms with Crippen molar-refractivity contribution in [3.8, 4) is 17.2 Å². The highest BCUT2D eigenvalue weighted by Gasteiger charge is 2.03. The Morgan fingerprint density at radius 3 is 2.27 bits per heavy atom. The number of para-hydroxylation sites is 4. The summed E-state index contributed by atoms with van der Waals surface area (Å²) in [6.07, 6.45) is 1.63. The third kappa shape index (κ3) is 3.33. The number of aromatic hydroxyl groups is 1. The molecule has 3 heteroatoms. The fourth-order valence-corrected chi connectivity index (χ4v) is 2.00. The van der Waals surface area contributed by atoms with Crippen LogP contribution in [-0.4, -0.2) is 11.3 Å². The molecule has 3 nitrogen and oxygen atoms in total. The maximum Gasteiger partial charge on any atom is 0.153 e. The number of hydrogen-bond donors (Lipinski definition) is 1. The summed E-state index contributed by atoms with van der Waals surface area (Å²) in [5.41, 5.74) is 1.37. The molecule has 3 aromatic rings. The maximum atomic E-state index is 9.77. The highest BCUT2D eigenvalue weighted by atomic mass is 16.5. The second kappa shape index (κ2) is 6.59. The third-order valence-corrected chi connectivity index (χ3v) is 3.12. The van der Waals surface area contributed by atoms with Gasteiger partial charge in [0.05, 0.1) is 0 Å². The summed E-state index contributed by atoms with van der Waals surface area (Å²) >= 11 is 0. The minimum absolute atomic E-state index is 0.202. The molecule has 0 radical (unpaired) electrons. The minimum Gasteiger partial charge on any atom is -0.507 e. The number of hydrogen-bond acceptors (Lipinski definition) is 3. The zero-order valence-corrected chi connectivity index (χ0v) is 11.9. The van der Waals surface area contributed by atoms with Gasteiger partial charge in [-0.25, -0.2) is 0 Å². The molecule has 0 spiro atoms. The topological polar surface area (TPSA) is 41.8 Å². The Bertz CT molecular complexity index is 782. The molecule has 0 amide bonds. The van der Waals surface area contributed by atoms with E-state index in [1.165, 1.54) is 0 Å². The van der Waals surface area contributed by atoms with E-state index in [2.05, 4.69) is 4.99 Å². The molecular weight excluding hydrogens is 274 g/mol. The van der Waals surface area contributed by atoms with Crippen molar-refractivity contribution >= 4 is 11.9 Å². The van der Waals surface area contributed by atoms with E-state index in [1.807, 2.05) is 60.7 Å². The second-order valence-corrected chi connectivity index (χ2v) is 4.70. The van der Waals surface area contributed by atoms with Crippen LogP contribution < -0.4 is 4.74 Å². The Kier molecular flexibility index (Phi) is 4.16. The summed E-state index contributed by atoms with van der Waals surface area (Å²) in [5, 5.41) is 9.77. The van der Waals surface area contributed by atoms with E-state index in [0.717, 1.165) is 5.75 Å². The molecule has 0 aliphatic heterocycles. The van der Waals surface area contributed by atoms with Crippen molar-refractivity contribution in [3.05, 3.63) is 84.4 Å². The first-order valence-corrected chi connectivity index (χ1v) is 6.97. The molecule has 0 heterocycles. The van der Waals surface area contributed by atoms with Crippen LogP contribution >= 0.6 is 0 Å². The van der Waals surface area contributed by atoms with Crippen molar-refractivity contribution in [3.63, 3.8) is 0 Å². The Balaban J connectivity index is 1.87. The second-order valence-electron chi connectivity index (χ2n) is 4.70. The number of ether oxygens (including phenoxy) is 1. The fourth-order valence-electron chi connectivity index (χ4n) is 2.00. The maximum absolute atomic E-state index is 9.77. The third-order valence-electron chi connectivity index (χ3n) is 3.12. The Labute approximate surface area is 129 Å². The van der Waals surface area contributed by atoms with Crippen molar-refractivity contribution < 1.29 is 9.84 Å². The molecule has 0 aliphatic rings. The molecule has 0 bridgehead atoms. The summed E-state index contributed by atoms with van der Waals surface area (Å²) in [6.45, 7) is 0. The van der Waals surface area contributed by atoms with Crippen LogP contribution in [0.4, 0.5) is 5.69 Å². The van der Waals surface area contributed by atoms with Gasteiger partial charge in [0, 0.05) is 11.8 Å². The van der Waals surface area contributed by atoms with Gasteiger partial charge in [-0.05, 0) is 36.4 Å². The molecule has 3 rings (SSSR count). The summed E-state index contributed by atoms with van der Waals surface area (Å²) in [4.78, 5) is 4.42. The van der Waals surface area contributed by atoms with Gasteiger partial charge in [0.1, 0.15) is 17.2 Å². The molecule has 3 aromatic carbocycles. The zero-order valence-electron chi connectivity index (χ0n) is 11.9. The molecule has 1 N–H and O–H groups in total. The molecule has 108 valence electrons. The number of aliphatic imine (C=N–C) groups is 1. The van der Waals surface area contributed by atoms with Crippen LogP contribution in [0.15, 0.2) is 83.9 Å². The van der Waals surface area contributed by atoms with E-state index in [1.54, 1.807) is 24.4 Å². The van der Waals surface area contributed by atoms with Gasteiger partial charge in [-0.15, -0.1) is 0 Å². The van der Waals surface area contributed by atoms with Crippen LogP contribution in [0.2, 0.25) is 0 Å². The number of phenols is 1. The predicted molar refractivity (Wildman–Crippen MR) is 88.3 cm³/mol. The number of nitrogens with zero attached hydrogens (tertiary/aromatic N) is 1. The lowest BCUT2D eigenvalue weighted by atomic mass is 10.2. The molecule has 0 aliphatic carbocycles. The lowest BCUT2D eigenvalue weighted by molar-refractivity contribution is 0.474. The average Bonchev–Trinajstić information content (AvgIpc) is 2.56. The Hall–Kier alpha value is -3.07. The largest absolute Gasteiger partial charge is 0.507 e. The van der Waals surface area contributed by atoms with Crippen LogP contribution in [0.5, 0.6) is 17.2 Å². The Morgan fingerprint density at radius 2 is 1.45 bits per heavy atom. The first-order valence-electron chi connectivity index (χ1n) is 6.97. The Morgan fingerprint density at radius 1 is 0.773 bits per heavy atom. The summed E-state index contributed by atoms with van der Waals surface area (Å²) in [7, 11) is 0. The standard InChI is InChI=1S/C19H15NO2/c21-18-12-6-4-8-15(18)14-20-17-11-5-7-13-19(17)22-16-9-2-1-3-10-16/h1-14,21H. The molecule has 0 saturated carbocycles. The molecule has 0 aromatic heterocycles. The van der Waals surface area contributed by atoms with Gasteiger partial charge >= 0.3 is 0 Å². The molecule has 0 saturated heterocycles. The number of benzene rings is 3. The van der Waals surface area contributed by atoms with Crippen LogP contribution in [0.3, 0.4) is 0 Å². The normalized spacial score (nSPS) is 10.7.